The number of hydrogen-bond acceptors (Lipinski definition) is 3. The molecule has 0 radical (unpaired) electrons. The predicted molar refractivity (Wildman–Crippen MR) is 87.8 cm³/mol. The van der Waals surface area contributed by atoms with Gasteiger partial charge in [-0.3, -0.25) is 4.68 Å². The van der Waals surface area contributed by atoms with Gasteiger partial charge in [0.1, 0.15) is 4.90 Å². The molecule has 22 heavy (non-hydrogen) atoms. The Morgan fingerprint density at radius 2 is 2.05 bits per heavy atom. The van der Waals surface area contributed by atoms with Gasteiger partial charge in [0.15, 0.2) is 0 Å². The van der Waals surface area contributed by atoms with Crippen LogP contribution in [0.15, 0.2) is 29.3 Å². The minimum atomic E-state index is -3.78. The van der Waals surface area contributed by atoms with E-state index >= 15 is 0 Å². The molecule has 1 unspecified atom stereocenters. The lowest BCUT2D eigenvalue weighted by atomic mass is 10.1. The van der Waals surface area contributed by atoms with Crippen LogP contribution in [0.3, 0.4) is 0 Å². The molecular formula is C14H17Cl2N3O2S. The van der Waals surface area contributed by atoms with Crippen LogP contribution in [0.1, 0.15) is 31.1 Å². The first kappa shape index (κ1) is 17.3. The Labute approximate surface area is 140 Å². The molecule has 0 fully saturated rings. The monoisotopic (exact) mass is 361 g/mol. The van der Waals surface area contributed by atoms with Crippen molar-refractivity contribution in [3.05, 3.63) is 45.7 Å². The van der Waals surface area contributed by atoms with Crippen LogP contribution in [0.4, 0.5) is 0 Å². The number of aryl methyl sites for hydroxylation is 1. The van der Waals surface area contributed by atoms with Crippen LogP contribution in [0.2, 0.25) is 10.0 Å². The second kappa shape index (κ2) is 6.58. The first-order valence-corrected chi connectivity index (χ1v) is 9.00. The lowest BCUT2D eigenvalue weighted by Crippen LogP contribution is -2.27. The summed E-state index contributed by atoms with van der Waals surface area (Å²) in [6, 6.07) is 3.91. The zero-order chi connectivity index (χ0) is 16.5. The number of halogens is 2. The van der Waals surface area contributed by atoms with Crippen LogP contribution < -0.4 is 4.72 Å². The zero-order valence-electron chi connectivity index (χ0n) is 12.5. The minimum Gasteiger partial charge on any atom is -0.270 e. The molecule has 0 aliphatic carbocycles. The van der Waals surface area contributed by atoms with Crippen LogP contribution in [-0.2, 0) is 16.6 Å². The second-order valence-corrected chi connectivity index (χ2v) is 7.44. The summed E-state index contributed by atoms with van der Waals surface area (Å²) in [7, 11) is -3.78. The molecule has 2 rings (SSSR count). The standard InChI is InChI=1S/C14H17Cl2N3O2S/c1-4-19-10(3)12(8-17-19)9(2)18-22(20,21)14-7-11(15)5-6-13(14)16/h5-9,18H,4H2,1-3H3. The molecule has 0 spiro atoms. The van der Waals surface area contributed by atoms with Gasteiger partial charge in [0.2, 0.25) is 10.0 Å². The Hall–Kier alpha value is -1.08. The van der Waals surface area contributed by atoms with Crippen molar-refractivity contribution in [1.29, 1.82) is 0 Å². The quantitative estimate of drug-likeness (QED) is 0.885. The highest BCUT2D eigenvalue weighted by Gasteiger charge is 2.23. The minimum absolute atomic E-state index is 0.0333. The molecule has 8 heteroatoms. The summed E-state index contributed by atoms with van der Waals surface area (Å²) < 4.78 is 29.4. The van der Waals surface area contributed by atoms with Gasteiger partial charge in [0, 0.05) is 28.9 Å². The van der Waals surface area contributed by atoms with Crippen molar-refractivity contribution in [2.75, 3.05) is 0 Å². The SMILES string of the molecule is CCn1ncc(C(C)NS(=O)(=O)c2cc(Cl)ccc2Cl)c1C. The first-order chi connectivity index (χ1) is 10.3. The molecule has 0 aliphatic rings. The van der Waals surface area contributed by atoms with E-state index in [-0.39, 0.29) is 9.92 Å². The van der Waals surface area contributed by atoms with Crippen molar-refractivity contribution >= 4 is 33.2 Å². The van der Waals surface area contributed by atoms with E-state index in [0.717, 1.165) is 17.8 Å². The summed E-state index contributed by atoms with van der Waals surface area (Å²) in [5.41, 5.74) is 1.75. The van der Waals surface area contributed by atoms with Crippen molar-refractivity contribution in [3.8, 4) is 0 Å². The van der Waals surface area contributed by atoms with Gasteiger partial charge in [0.25, 0.3) is 0 Å². The van der Waals surface area contributed by atoms with Gasteiger partial charge >= 0.3 is 0 Å². The lowest BCUT2D eigenvalue weighted by molar-refractivity contribution is 0.565. The normalized spacial score (nSPS) is 13.3. The predicted octanol–water partition coefficient (Wildman–Crippen LogP) is 3.56. The van der Waals surface area contributed by atoms with Crippen LogP contribution in [0.25, 0.3) is 0 Å². The molecule has 5 nitrogen and oxygen atoms in total. The topological polar surface area (TPSA) is 64.0 Å². The van der Waals surface area contributed by atoms with E-state index in [9.17, 15) is 8.42 Å². The average Bonchev–Trinajstić information content (AvgIpc) is 2.82. The van der Waals surface area contributed by atoms with Gasteiger partial charge < -0.3 is 0 Å². The molecule has 1 aromatic carbocycles. The molecule has 0 saturated heterocycles. The summed E-state index contributed by atoms with van der Waals surface area (Å²) in [5, 5.41) is 4.67. The molecule has 1 aromatic heterocycles. The summed E-state index contributed by atoms with van der Waals surface area (Å²) in [6.07, 6.45) is 1.67. The molecule has 1 N–H and O–H groups in total. The Kier molecular flexibility index (Phi) is 5.17. The second-order valence-electron chi connectivity index (χ2n) is 4.92. The third kappa shape index (κ3) is 3.46. The fraction of sp³-hybridized carbons (Fsp3) is 0.357. The molecule has 1 atom stereocenters. The molecule has 0 bridgehead atoms. The average molecular weight is 362 g/mol. The fourth-order valence-electron chi connectivity index (χ4n) is 2.25. The van der Waals surface area contributed by atoms with Gasteiger partial charge in [-0.1, -0.05) is 23.2 Å². The maximum atomic E-state index is 12.5. The van der Waals surface area contributed by atoms with Crippen LogP contribution in [0, 0.1) is 6.92 Å². The van der Waals surface area contributed by atoms with Crippen LogP contribution in [-0.4, -0.2) is 18.2 Å². The third-order valence-corrected chi connectivity index (χ3v) is 5.68. The van der Waals surface area contributed by atoms with Crippen molar-refractivity contribution in [2.24, 2.45) is 0 Å². The summed E-state index contributed by atoms with van der Waals surface area (Å²) in [5.74, 6) is 0. The Morgan fingerprint density at radius 1 is 1.36 bits per heavy atom. The Morgan fingerprint density at radius 3 is 2.64 bits per heavy atom. The number of rotatable bonds is 5. The molecule has 1 heterocycles. The van der Waals surface area contributed by atoms with Crippen LogP contribution in [0.5, 0.6) is 0 Å². The van der Waals surface area contributed by atoms with E-state index in [1.165, 1.54) is 12.1 Å². The number of sulfonamides is 1. The van der Waals surface area contributed by atoms with Gasteiger partial charge in [-0.25, -0.2) is 13.1 Å². The van der Waals surface area contributed by atoms with Gasteiger partial charge in [-0.15, -0.1) is 0 Å². The number of benzene rings is 1. The molecule has 120 valence electrons. The molecule has 2 aromatic rings. The Balaban J connectivity index is 2.31. The highest BCUT2D eigenvalue weighted by molar-refractivity contribution is 7.89. The van der Waals surface area contributed by atoms with Crippen molar-refractivity contribution < 1.29 is 8.42 Å². The van der Waals surface area contributed by atoms with Crippen molar-refractivity contribution in [1.82, 2.24) is 14.5 Å². The molecule has 0 saturated carbocycles. The maximum absolute atomic E-state index is 12.5. The van der Waals surface area contributed by atoms with Crippen molar-refractivity contribution in [2.45, 2.75) is 38.3 Å². The highest BCUT2D eigenvalue weighted by atomic mass is 35.5. The van der Waals surface area contributed by atoms with Crippen molar-refractivity contribution in [3.63, 3.8) is 0 Å². The smallest absolute Gasteiger partial charge is 0.242 e. The Bertz CT molecular complexity index is 787. The fourth-order valence-corrected chi connectivity index (χ4v) is 4.23. The highest BCUT2D eigenvalue weighted by Crippen LogP contribution is 2.27. The molecular weight excluding hydrogens is 345 g/mol. The molecule has 0 aliphatic heterocycles. The lowest BCUT2D eigenvalue weighted by Gasteiger charge is -2.15. The van der Waals surface area contributed by atoms with Gasteiger partial charge in [-0.2, -0.15) is 5.10 Å². The summed E-state index contributed by atoms with van der Waals surface area (Å²) >= 11 is 11.8. The van der Waals surface area contributed by atoms with E-state index in [1.54, 1.807) is 19.2 Å². The first-order valence-electron chi connectivity index (χ1n) is 6.76. The zero-order valence-corrected chi connectivity index (χ0v) is 14.8. The van der Waals surface area contributed by atoms with Gasteiger partial charge in [-0.05, 0) is 39.0 Å². The van der Waals surface area contributed by atoms with E-state index in [0.29, 0.717) is 5.02 Å². The summed E-state index contributed by atoms with van der Waals surface area (Å²) in [6.45, 7) is 6.37. The summed E-state index contributed by atoms with van der Waals surface area (Å²) in [4.78, 5) is -0.0333. The van der Waals surface area contributed by atoms with E-state index in [4.69, 9.17) is 23.2 Å². The van der Waals surface area contributed by atoms with E-state index < -0.39 is 16.1 Å². The van der Waals surface area contributed by atoms with Gasteiger partial charge in [0.05, 0.1) is 11.2 Å². The third-order valence-electron chi connectivity index (χ3n) is 3.42. The number of nitrogens with zero attached hydrogens (tertiary/aromatic N) is 2. The number of hydrogen-bond donors (Lipinski definition) is 1. The van der Waals surface area contributed by atoms with E-state index in [2.05, 4.69) is 9.82 Å². The molecule has 0 amide bonds. The van der Waals surface area contributed by atoms with E-state index in [1.807, 2.05) is 18.5 Å². The van der Waals surface area contributed by atoms with Crippen LogP contribution >= 0.6 is 23.2 Å². The largest absolute Gasteiger partial charge is 0.270 e. The number of nitrogens with one attached hydrogen (secondary N) is 1. The number of aromatic nitrogens is 2. The maximum Gasteiger partial charge on any atom is 0.242 e.